The second-order valence-corrected chi connectivity index (χ2v) is 4.36. The highest BCUT2D eigenvalue weighted by atomic mass is 16.3. The number of hydrogen-bond acceptors (Lipinski definition) is 3. The Hall–Kier alpha value is -1.88. The molecular weight excluding hydrogens is 232 g/mol. The number of nitrogens with zero attached hydrogens (tertiary/aromatic N) is 1. The van der Waals surface area contributed by atoms with Gasteiger partial charge in [-0.25, -0.2) is 0 Å². The lowest BCUT2D eigenvalue weighted by Crippen LogP contribution is -2.52. The second kappa shape index (κ2) is 5.18. The Bertz CT molecular complexity index is 473. The number of nitrogens with one attached hydrogen (secondary N) is 1. The van der Waals surface area contributed by atoms with Crippen molar-refractivity contribution in [2.24, 2.45) is 0 Å². The quantitative estimate of drug-likeness (QED) is 0.753. The molecule has 1 aromatic carbocycles. The summed E-state index contributed by atoms with van der Waals surface area (Å²) >= 11 is 0. The predicted octanol–water partition coefficient (Wildman–Crippen LogP) is 0.245. The van der Waals surface area contributed by atoms with E-state index in [-0.39, 0.29) is 12.5 Å². The molecule has 0 radical (unpaired) electrons. The minimum absolute atomic E-state index is 0.00520. The zero-order valence-electron chi connectivity index (χ0n) is 10.2. The lowest BCUT2D eigenvalue weighted by atomic mass is 9.99. The van der Waals surface area contributed by atoms with Gasteiger partial charge in [0.1, 0.15) is 0 Å². The maximum Gasteiger partial charge on any atom is 0.316 e. The number of para-hydroxylation sites is 1. The highest BCUT2D eigenvalue weighted by Crippen LogP contribution is 2.27. The van der Waals surface area contributed by atoms with Gasteiger partial charge in [-0.1, -0.05) is 25.1 Å². The largest absolute Gasteiger partial charge is 0.396 e. The number of anilines is 1. The molecule has 1 heterocycles. The van der Waals surface area contributed by atoms with Crippen LogP contribution in [0.3, 0.4) is 0 Å². The first-order valence-electron chi connectivity index (χ1n) is 5.94. The summed E-state index contributed by atoms with van der Waals surface area (Å²) < 4.78 is 0. The standard InChI is InChI=1S/C13H16N2O3/c1-9(8-16)10-4-2-3-5-11(10)15-7-6-14-12(17)13(15)18/h2-5,9,16H,6-8H2,1H3,(H,14,17). The molecule has 1 aliphatic heterocycles. The summed E-state index contributed by atoms with van der Waals surface area (Å²) in [4.78, 5) is 24.7. The summed E-state index contributed by atoms with van der Waals surface area (Å²) in [5.74, 6) is -1.19. The van der Waals surface area contributed by atoms with Crippen LogP contribution < -0.4 is 10.2 Å². The van der Waals surface area contributed by atoms with Crippen molar-refractivity contribution in [2.75, 3.05) is 24.6 Å². The molecule has 1 aromatic rings. The molecule has 0 aromatic heterocycles. The molecule has 0 bridgehead atoms. The maximum atomic E-state index is 11.8. The molecule has 18 heavy (non-hydrogen) atoms. The fourth-order valence-corrected chi connectivity index (χ4v) is 2.06. The van der Waals surface area contributed by atoms with Crippen molar-refractivity contribution in [1.29, 1.82) is 0 Å². The van der Waals surface area contributed by atoms with Crippen molar-refractivity contribution < 1.29 is 14.7 Å². The first kappa shape index (κ1) is 12.6. The number of aliphatic hydroxyl groups excluding tert-OH is 1. The van der Waals surface area contributed by atoms with Gasteiger partial charge >= 0.3 is 11.8 Å². The Balaban J connectivity index is 2.38. The molecule has 0 spiro atoms. The molecule has 1 aliphatic rings. The van der Waals surface area contributed by atoms with Crippen LogP contribution in [0.25, 0.3) is 0 Å². The van der Waals surface area contributed by atoms with Crippen LogP contribution in [0.2, 0.25) is 0 Å². The Morgan fingerprint density at radius 3 is 2.83 bits per heavy atom. The van der Waals surface area contributed by atoms with E-state index in [2.05, 4.69) is 5.32 Å². The number of piperazine rings is 1. The number of aliphatic hydroxyl groups is 1. The Morgan fingerprint density at radius 1 is 1.39 bits per heavy atom. The third-order valence-electron chi connectivity index (χ3n) is 3.09. The highest BCUT2D eigenvalue weighted by molar-refractivity contribution is 6.41. The topological polar surface area (TPSA) is 69.6 Å². The van der Waals surface area contributed by atoms with Gasteiger partial charge in [0.15, 0.2) is 0 Å². The van der Waals surface area contributed by atoms with Gasteiger partial charge in [0, 0.05) is 31.3 Å². The van der Waals surface area contributed by atoms with Gasteiger partial charge in [0.05, 0.1) is 0 Å². The fourth-order valence-electron chi connectivity index (χ4n) is 2.06. The first-order valence-corrected chi connectivity index (χ1v) is 5.94. The molecule has 1 fully saturated rings. The van der Waals surface area contributed by atoms with Crippen molar-refractivity contribution in [3.63, 3.8) is 0 Å². The minimum Gasteiger partial charge on any atom is -0.396 e. The van der Waals surface area contributed by atoms with Crippen LogP contribution >= 0.6 is 0 Å². The first-order chi connectivity index (χ1) is 8.65. The van der Waals surface area contributed by atoms with Gasteiger partial charge < -0.3 is 15.3 Å². The zero-order valence-corrected chi connectivity index (χ0v) is 10.2. The number of amides is 2. The lowest BCUT2D eigenvalue weighted by molar-refractivity contribution is -0.138. The summed E-state index contributed by atoms with van der Waals surface area (Å²) in [7, 11) is 0. The highest BCUT2D eigenvalue weighted by Gasteiger charge is 2.29. The molecule has 96 valence electrons. The number of benzene rings is 1. The van der Waals surface area contributed by atoms with E-state index in [4.69, 9.17) is 0 Å². The molecular formula is C13H16N2O3. The van der Waals surface area contributed by atoms with Crippen molar-refractivity contribution in [3.05, 3.63) is 29.8 Å². The summed E-state index contributed by atoms with van der Waals surface area (Å²) in [6, 6.07) is 7.36. The van der Waals surface area contributed by atoms with Crippen LogP contribution in [-0.2, 0) is 9.59 Å². The maximum absolute atomic E-state index is 11.8. The SMILES string of the molecule is CC(CO)c1ccccc1N1CCNC(=O)C1=O. The van der Waals surface area contributed by atoms with E-state index in [1.807, 2.05) is 25.1 Å². The lowest BCUT2D eigenvalue weighted by Gasteiger charge is -2.29. The minimum atomic E-state index is -0.576. The van der Waals surface area contributed by atoms with Crippen molar-refractivity contribution in [2.45, 2.75) is 12.8 Å². The number of carbonyl (C=O) groups excluding carboxylic acids is 2. The summed E-state index contributed by atoms with van der Waals surface area (Å²) in [5, 5.41) is 11.8. The van der Waals surface area contributed by atoms with Crippen LogP contribution in [0.5, 0.6) is 0 Å². The second-order valence-electron chi connectivity index (χ2n) is 4.36. The third-order valence-corrected chi connectivity index (χ3v) is 3.09. The van der Waals surface area contributed by atoms with E-state index in [1.165, 1.54) is 4.90 Å². The van der Waals surface area contributed by atoms with Crippen molar-refractivity contribution in [3.8, 4) is 0 Å². The van der Waals surface area contributed by atoms with Crippen molar-refractivity contribution in [1.82, 2.24) is 5.32 Å². The van der Waals surface area contributed by atoms with Gasteiger partial charge in [-0.15, -0.1) is 0 Å². The summed E-state index contributed by atoms with van der Waals surface area (Å²) in [6.07, 6.45) is 0. The van der Waals surface area contributed by atoms with Crippen LogP contribution in [-0.4, -0.2) is 36.6 Å². The molecule has 5 nitrogen and oxygen atoms in total. The van der Waals surface area contributed by atoms with Crippen LogP contribution in [0.4, 0.5) is 5.69 Å². The molecule has 1 atom stereocenters. The van der Waals surface area contributed by atoms with Gasteiger partial charge in [-0.05, 0) is 11.6 Å². The molecule has 1 unspecified atom stereocenters. The fraction of sp³-hybridized carbons (Fsp3) is 0.385. The third kappa shape index (κ3) is 2.22. The smallest absolute Gasteiger partial charge is 0.316 e. The van der Waals surface area contributed by atoms with E-state index in [9.17, 15) is 14.7 Å². The molecule has 0 saturated carbocycles. The molecule has 1 saturated heterocycles. The van der Waals surface area contributed by atoms with Gasteiger partial charge in [-0.2, -0.15) is 0 Å². The monoisotopic (exact) mass is 248 g/mol. The molecule has 5 heteroatoms. The zero-order chi connectivity index (χ0) is 13.1. The molecule has 2 N–H and O–H groups in total. The van der Waals surface area contributed by atoms with Gasteiger partial charge in [0.2, 0.25) is 0 Å². The van der Waals surface area contributed by atoms with E-state index in [0.29, 0.717) is 18.8 Å². The van der Waals surface area contributed by atoms with E-state index in [1.54, 1.807) is 6.07 Å². The Labute approximate surface area is 105 Å². The van der Waals surface area contributed by atoms with E-state index in [0.717, 1.165) is 5.56 Å². The average molecular weight is 248 g/mol. The Kier molecular flexibility index (Phi) is 3.62. The molecule has 0 aliphatic carbocycles. The van der Waals surface area contributed by atoms with Crippen molar-refractivity contribution >= 4 is 17.5 Å². The van der Waals surface area contributed by atoms with Gasteiger partial charge in [0.25, 0.3) is 0 Å². The van der Waals surface area contributed by atoms with Gasteiger partial charge in [-0.3, -0.25) is 9.59 Å². The Morgan fingerprint density at radius 2 is 2.11 bits per heavy atom. The number of hydrogen-bond donors (Lipinski definition) is 2. The number of carbonyl (C=O) groups is 2. The molecule has 2 rings (SSSR count). The van der Waals surface area contributed by atoms with Crippen LogP contribution in [0.1, 0.15) is 18.4 Å². The average Bonchev–Trinajstić information content (AvgIpc) is 2.41. The molecule has 2 amide bonds. The van der Waals surface area contributed by atoms with Crippen LogP contribution in [0, 0.1) is 0 Å². The summed E-state index contributed by atoms with van der Waals surface area (Å²) in [5.41, 5.74) is 1.59. The van der Waals surface area contributed by atoms with E-state index < -0.39 is 11.8 Å². The van der Waals surface area contributed by atoms with E-state index >= 15 is 0 Å². The predicted molar refractivity (Wildman–Crippen MR) is 67.3 cm³/mol. The summed E-state index contributed by atoms with van der Waals surface area (Å²) in [6.45, 7) is 2.80. The normalized spacial score (nSPS) is 17.6. The number of rotatable bonds is 3. The van der Waals surface area contributed by atoms with Crippen LogP contribution in [0.15, 0.2) is 24.3 Å².